The first-order valence-electron chi connectivity index (χ1n) is 6.10. The smallest absolute Gasteiger partial charge is 0.317 e. The van der Waals surface area contributed by atoms with Crippen LogP contribution in [0.15, 0.2) is 24.3 Å². The third-order valence-electron chi connectivity index (χ3n) is 4.68. The summed E-state index contributed by atoms with van der Waals surface area (Å²) in [6.07, 6.45) is 5.26. The van der Waals surface area contributed by atoms with Crippen molar-refractivity contribution in [3.8, 4) is 0 Å². The van der Waals surface area contributed by atoms with Crippen LogP contribution in [0.4, 0.5) is 0 Å². The lowest BCUT2D eigenvalue weighted by atomic mass is 9.30. The first kappa shape index (κ1) is 12.8. The normalized spacial score (nSPS) is 40.1. The molecule has 3 aliphatic rings. The van der Waals surface area contributed by atoms with Gasteiger partial charge in [-0.1, -0.05) is 12.2 Å². The van der Waals surface area contributed by atoms with Crippen molar-refractivity contribution in [1.29, 1.82) is 0 Å². The number of carbonyl (C=O) groups excluding carboxylic acids is 4. The van der Waals surface area contributed by atoms with Crippen molar-refractivity contribution >= 4 is 23.5 Å². The minimum absolute atomic E-state index is 0.344. The van der Waals surface area contributed by atoms with Gasteiger partial charge in [0.05, 0.1) is 26.1 Å². The molecule has 0 aromatic carbocycles. The van der Waals surface area contributed by atoms with Crippen LogP contribution in [-0.4, -0.2) is 37.7 Å². The topological polar surface area (TPSA) is 86.7 Å². The fourth-order valence-corrected chi connectivity index (χ4v) is 3.81. The van der Waals surface area contributed by atoms with E-state index in [0.717, 1.165) is 12.2 Å². The highest BCUT2D eigenvalue weighted by Crippen LogP contribution is 2.73. The molecular weight excluding hydrogens is 264 g/mol. The van der Waals surface area contributed by atoms with Gasteiger partial charge in [-0.25, -0.2) is 0 Å². The molecule has 4 atom stereocenters. The van der Waals surface area contributed by atoms with E-state index in [4.69, 9.17) is 9.47 Å². The lowest BCUT2D eigenvalue weighted by Gasteiger charge is -2.66. The number of ether oxygens (including phenoxy) is 2. The Bertz CT molecular complexity index is 563. The second kappa shape index (κ2) is 3.65. The molecule has 0 heterocycles. The average Bonchev–Trinajstić information content (AvgIpc) is 2.43. The Kier molecular flexibility index (Phi) is 2.33. The fourth-order valence-electron chi connectivity index (χ4n) is 3.81. The Morgan fingerprint density at radius 3 is 1.50 bits per heavy atom. The Labute approximate surface area is 114 Å². The van der Waals surface area contributed by atoms with Crippen LogP contribution in [0.2, 0.25) is 0 Å². The second-order valence-corrected chi connectivity index (χ2v) is 5.15. The zero-order chi connectivity index (χ0) is 14.7. The molecule has 0 saturated heterocycles. The molecule has 0 aromatic rings. The largest absolute Gasteiger partial charge is 0.468 e. The van der Waals surface area contributed by atoms with Gasteiger partial charge in [0, 0.05) is 0 Å². The van der Waals surface area contributed by atoms with Crippen LogP contribution in [0.25, 0.3) is 0 Å². The number of esters is 2. The third kappa shape index (κ3) is 0.994. The van der Waals surface area contributed by atoms with Crippen molar-refractivity contribution in [1.82, 2.24) is 0 Å². The van der Waals surface area contributed by atoms with Gasteiger partial charge in [0.1, 0.15) is 10.8 Å². The monoisotopic (exact) mass is 276 g/mol. The van der Waals surface area contributed by atoms with Crippen molar-refractivity contribution in [2.24, 2.45) is 22.7 Å². The van der Waals surface area contributed by atoms with Crippen molar-refractivity contribution < 1.29 is 28.7 Å². The van der Waals surface area contributed by atoms with Gasteiger partial charge in [0.15, 0.2) is 11.6 Å². The van der Waals surface area contributed by atoms with Gasteiger partial charge in [0.25, 0.3) is 0 Å². The van der Waals surface area contributed by atoms with E-state index in [1.165, 1.54) is 26.4 Å². The summed E-state index contributed by atoms with van der Waals surface area (Å²) in [6.45, 7) is 0. The molecule has 6 nitrogen and oxygen atoms in total. The first-order chi connectivity index (χ1) is 9.47. The Hall–Kier alpha value is -2.24. The number of ketones is 2. The van der Waals surface area contributed by atoms with Crippen LogP contribution < -0.4 is 0 Å². The van der Waals surface area contributed by atoms with E-state index in [0.29, 0.717) is 0 Å². The first-order valence-corrected chi connectivity index (χ1v) is 6.10. The molecule has 1 fully saturated rings. The summed E-state index contributed by atoms with van der Waals surface area (Å²) in [7, 11) is 2.37. The minimum atomic E-state index is -1.41. The molecule has 0 amide bonds. The number of hydrogen-bond acceptors (Lipinski definition) is 6. The molecule has 104 valence electrons. The van der Waals surface area contributed by atoms with Crippen LogP contribution >= 0.6 is 0 Å². The molecule has 0 bridgehead atoms. The molecule has 0 N–H and O–H groups in total. The highest BCUT2D eigenvalue weighted by molar-refractivity contribution is 6.17. The molecule has 0 unspecified atom stereocenters. The number of methoxy groups -OCH3 is 2. The van der Waals surface area contributed by atoms with E-state index >= 15 is 0 Å². The van der Waals surface area contributed by atoms with Crippen LogP contribution in [-0.2, 0) is 28.7 Å². The minimum Gasteiger partial charge on any atom is -0.468 e. The maximum Gasteiger partial charge on any atom is 0.317 e. The standard InChI is InChI=1S/C14H12O6/c1-19-11(17)13-5-6-14(13,12(18)20-2)10-8(16)4-3-7(15)9(10)13/h3-6,9-10H,1-2H3/t9-,10+,13-,14+. The maximum absolute atomic E-state index is 12.1. The average molecular weight is 276 g/mol. The summed E-state index contributed by atoms with van der Waals surface area (Å²) in [5.74, 6) is -3.83. The highest BCUT2D eigenvalue weighted by Gasteiger charge is 2.85. The summed E-state index contributed by atoms with van der Waals surface area (Å²) in [4.78, 5) is 48.4. The fraction of sp³-hybridized carbons (Fsp3) is 0.429. The number of fused-ring (bicyclic) bond motifs is 4. The van der Waals surface area contributed by atoms with Crippen LogP contribution in [0.3, 0.4) is 0 Å². The molecule has 3 aliphatic carbocycles. The van der Waals surface area contributed by atoms with Gasteiger partial charge < -0.3 is 9.47 Å². The van der Waals surface area contributed by atoms with Crippen molar-refractivity contribution in [3.05, 3.63) is 24.3 Å². The zero-order valence-corrected chi connectivity index (χ0v) is 10.9. The predicted octanol–water partition coefficient (Wildman–Crippen LogP) is -0.171. The van der Waals surface area contributed by atoms with E-state index in [1.807, 2.05) is 0 Å². The van der Waals surface area contributed by atoms with Crippen molar-refractivity contribution in [2.75, 3.05) is 14.2 Å². The Balaban J connectivity index is 2.19. The van der Waals surface area contributed by atoms with Gasteiger partial charge in [-0.2, -0.15) is 0 Å². The number of allylic oxidation sites excluding steroid dienone is 2. The molecule has 20 heavy (non-hydrogen) atoms. The molecule has 1 saturated carbocycles. The summed E-state index contributed by atoms with van der Waals surface area (Å²) >= 11 is 0. The molecule has 0 aromatic heterocycles. The van der Waals surface area contributed by atoms with Gasteiger partial charge in [-0.15, -0.1) is 0 Å². The van der Waals surface area contributed by atoms with E-state index in [2.05, 4.69) is 0 Å². The SMILES string of the molecule is COC(=O)[C@]12C=C[C@@]1(C(=O)OC)[C@H]1C(=O)C=CC(=O)[C@H]12. The summed E-state index contributed by atoms with van der Waals surface area (Å²) in [5.41, 5.74) is -2.81. The summed E-state index contributed by atoms with van der Waals surface area (Å²) in [5, 5.41) is 0. The maximum atomic E-state index is 12.1. The molecular formula is C14H12O6. The van der Waals surface area contributed by atoms with Crippen LogP contribution in [0.1, 0.15) is 0 Å². The Morgan fingerprint density at radius 2 is 1.25 bits per heavy atom. The van der Waals surface area contributed by atoms with E-state index in [9.17, 15) is 19.2 Å². The van der Waals surface area contributed by atoms with E-state index in [1.54, 1.807) is 0 Å². The zero-order valence-electron chi connectivity index (χ0n) is 10.9. The third-order valence-corrected chi connectivity index (χ3v) is 4.68. The molecule has 0 aliphatic heterocycles. The lowest BCUT2D eigenvalue weighted by molar-refractivity contribution is -0.217. The van der Waals surface area contributed by atoms with Crippen LogP contribution in [0.5, 0.6) is 0 Å². The summed E-state index contributed by atoms with van der Waals surface area (Å²) < 4.78 is 9.49. The van der Waals surface area contributed by atoms with Crippen molar-refractivity contribution in [2.45, 2.75) is 0 Å². The van der Waals surface area contributed by atoms with Gasteiger partial charge in [-0.05, 0) is 12.2 Å². The molecule has 3 rings (SSSR count). The number of hydrogen-bond donors (Lipinski definition) is 0. The number of carbonyl (C=O) groups is 4. The Morgan fingerprint density at radius 1 is 0.900 bits per heavy atom. The lowest BCUT2D eigenvalue weighted by Crippen LogP contribution is -2.78. The van der Waals surface area contributed by atoms with Gasteiger partial charge in [-0.3, -0.25) is 19.2 Å². The quantitative estimate of drug-likeness (QED) is 0.514. The van der Waals surface area contributed by atoms with E-state index in [-0.39, 0.29) is 11.6 Å². The van der Waals surface area contributed by atoms with Gasteiger partial charge in [0.2, 0.25) is 0 Å². The highest BCUT2D eigenvalue weighted by atomic mass is 16.5. The van der Waals surface area contributed by atoms with Crippen molar-refractivity contribution in [3.63, 3.8) is 0 Å². The second-order valence-electron chi connectivity index (χ2n) is 5.15. The summed E-state index contributed by atoms with van der Waals surface area (Å²) in [6, 6.07) is 0. The molecule has 0 spiro atoms. The van der Waals surface area contributed by atoms with Gasteiger partial charge >= 0.3 is 11.9 Å². The predicted molar refractivity (Wildman–Crippen MR) is 64.2 cm³/mol. The molecule has 0 radical (unpaired) electrons. The number of rotatable bonds is 2. The van der Waals surface area contributed by atoms with E-state index < -0.39 is 34.6 Å². The molecule has 6 heteroatoms. The van der Waals surface area contributed by atoms with Crippen LogP contribution in [0, 0.1) is 22.7 Å².